The van der Waals surface area contributed by atoms with Gasteiger partial charge in [-0.3, -0.25) is 4.79 Å². The minimum absolute atomic E-state index is 0.0932. The number of alkyl halides is 3. The van der Waals surface area contributed by atoms with Gasteiger partial charge < -0.3 is 15.3 Å². The van der Waals surface area contributed by atoms with Crippen LogP contribution in [0.3, 0.4) is 0 Å². The van der Waals surface area contributed by atoms with Gasteiger partial charge in [-0.05, 0) is 6.42 Å². The summed E-state index contributed by atoms with van der Waals surface area (Å²) in [5.41, 5.74) is 0. The first-order chi connectivity index (χ1) is 7.26. The van der Waals surface area contributed by atoms with E-state index in [1.165, 1.54) is 0 Å². The Hall–Kier alpha value is -1.47. The zero-order valence-corrected chi connectivity index (χ0v) is 8.67. The summed E-state index contributed by atoms with van der Waals surface area (Å²) >= 11 is 0. The summed E-state index contributed by atoms with van der Waals surface area (Å²) in [6, 6.07) is -1.03. The molecular formula is C8H13F3N2O3. The maximum atomic E-state index is 11.8. The predicted octanol–water partition coefficient (Wildman–Crippen LogP) is 1.05. The average Bonchev–Trinajstić information content (AvgIpc) is 2.11. The second-order valence-electron chi connectivity index (χ2n) is 3.09. The van der Waals surface area contributed by atoms with E-state index in [4.69, 9.17) is 5.11 Å². The molecule has 0 fully saturated rings. The van der Waals surface area contributed by atoms with E-state index in [1.807, 2.05) is 0 Å². The molecule has 94 valence electrons. The molecule has 0 aromatic rings. The number of carbonyl (C=O) groups excluding carboxylic acids is 1. The smallest absolute Gasteiger partial charge is 0.405 e. The maximum Gasteiger partial charge on any atom is 0.405 e. The fourth-order valence-corrected chi connectivity index (χ4v) is 0.973. The number of hydrogen-bond donors (Lipinski definition) is 2. The molecule has 0 rings (SSSR count). The van der Waals surface area contributed by atoms with Crippen molar-refractivity contribution in [3.05, 3.63) is 0 Å². The van der Waals surface area contributed by atoms with Gasteiger partial charge in [-0.1, -0.05) is 6.92 Å². The van der Waals surface area contributed by atoms with Crippen LogP contribution in [0.1, 0.15) is 13.3 Å². The number of nitrogens with one attached hydrogen (secondary N) is 1. The molecule has 0 saturated heterocycles. The number of rotatable bonds is 5. The van der Waals surface area contributed by atoms with Crippen molar-refractivity contribution in [3.8, 4) is 0 Å². The van der Waals surface area contributed by atoms with Crippen LogP contribution in [0.15, 0.2) is 0 Å². The summed E-state index contributed by atoms with van der Waals surface area (Å²) in [5, 5.41) is 10.1. The third-order valence-electron chi connectivity index (χ3n) is 1.55. The molecule has 0 aromatic heterocycles. The summed E-state index contributed by atoms with van der Waals surface area (Å²) in [5.74, 6) is -1.27. The van der Waals surface area contributed by atoms with Crippen LogP contribution in [0.25, 0.3) is 0 Å². The van der Waals surface area contributed by atoms with Crippen molar-refractivity contribution in [2.75, 3.05) is 19.6 Å². The van der Waals surface area contributed by atoms with Crippen LogP contribution in [0.2, 0.25) is 0 Å². The lowest BCUT2D eigenvalue weighted by atomic mass is 10.4. The molecule has 0 radical (unpaired) electrons. The molecule has 2 amide bonds. The second-order valence-corrected chi connectivity index (χ2v) is 3.09. The van der Waals surface area contributed by atoms with Gasteiger partial charge in [-0.2, -0.15) is 13.2 Å². The zero-order chi connectivity index (χ0) is 12.8. The van der Waals surface area contributed by atoms with E-state index >= 15 is 0 Å². The molecule has 0 aliphatic carbocycles. The third kappa shape index (κ3) is 6.91. The minimum atomic E-state index is -4.50. The zero-order valence-electron chi connectivity index (χ0n) is 8.67. The summed E-state index contributed by atoms with van der Waals surface area (Å²) < 4.78 is 35.3. The summed E-state index contributed by atoms with van der Waals surface area (Å²) in [4.78, 5) is 22.3. The lowest BCUT2D eigenvalue weighted by Gasteiger charge is -2.20. The van der Waals surface area contributed by atoms with Crippen LogP contribution in [-0.4, -0.2) is 47.8 Å². The number of carbonyl (C=O) groups is 2. The van der Waals surface area contributed by atoms with E-state index in [-0.39, 0.29) is 6.54 Å². The summed E-state index contributed by atoms with van der Waals surface area (Å²) in [7, 11) is 0. The molecule has 0 saturated carbocycles. The van der Waals surface area contributed by atoms with Crippen molar-refractivity contribution in [2.24, 2.45) is 0 Å². The highest BCUT2D eigenvalue weighted by Gasteiger charge is 2.29. The molecule has 0 heterocycles. The van der Waals surface area contributed by atoms with Crippen LogP contribution in [0, 0.1) is 0 Å². The average molecular weight is 242 g/mol. The summed E-state index contributed by atoms with van der Waals surface area (Å²) in [6.45, 7) is -0.301. The van der Waals surface area contributed by atoms with Crippen molar-refractivity contribution in [1.29, 1.82) is 0 Å². The number of hydrogen-bond acceptors (Lipinski definition) is 2. The number of aliphatic carboxylic acids is 1. The van der Waals surface area contributed by atoms with Crippen molar-refractivity contribution < 1.29 is 27.9 Å². The molecular weight excluding hydrogens is 229 g/mol. The number of halogens is 3. The Kier molecular flexibility index (Phi) is 5.62. The Bertz CT molecular complexity index is 255. The predicted molar refractivity (Wildman–Crippen MR) is 49.0 cm³/mol. The van der Waals surface area contributed by atoms with Crippen LogP contribution < -0.4 is 5.32 Å². The van der Waals surface area contributed by atoms with E-state index in [0.717, 1.165) is 4.90 Å². The maximum absolute atomic E-state index is 11.8. The molecule has 0 aliphatic heterocycles. The van der Waals surface area contributed by atoms with Gasteiger partial charge in [0.2, 0.25) is 0 Å². The van der Waals surface area contributed by atoms with Gasteiger partial charge in [0.1, 0.15) is 13.1 Å². The van der Waals surface area contributed by atoms with Crippen LogP contribution in [-0.2, 0) is 4.79 Å². The number of urea groups is 1. The molecule has 8 heteroatoms. The van der Waals surface area contributed by atoms with Gasteiger partial charge in [-0.25, -0.2) is 4.79 Å². The van der Waals surface area contributed by atoms with Gasteiger partial charge in [-0.15, -0.1) is 0 Å². The SMILES string of the molecule is CCCN(CC(=O)O)C(=O)NCC(F)(F)F. The van der Waals surface area contributed by atoms with Crippen LogP contribution in [0.5, 0.6) is 0 Å². The van der Waals surface area contributed by atoms with E-state index in [9.17, 15) is 22.8 Å². The second kappa shape index (κ2) is 6.19. The van der Waals surface area contributed by atoms with Crippen molar-refractivity contribution in [3.63, 3.8) is 0 Å². The van der Waals surface area contributed by atoms with Gasteiger partial charge in [0.05, 0.1) is 0 Å². The van der Waals surface area contributed by atoms with Gasteiger partial charge in [0.25, 0.3) is 0 Å². The quantitative estimate of drug-likeness (QED) is 0.757. The normalized spacial score (nSPS) is 11.0. The summed E-state index contributed by atoms with van der Waals surface area (Å²) in [6.07, 6.45) is -4.04. The molecule has 0 aliphatic rings. The number of carboxylic acid groups (broad SMARTS) is 1. The van der Waals surface area contributed by atoms with Gasteiger partial charge in [0.15, 0.2) is 0 Å². The molecule has 0 unspecified atom stereocenters. The lowest BCUT2D eigenvalue weighted by molar-refractivity contribution is -0.137. The number of carboxylic acids is 1. The fourth-order valence-electron chi connectivity index (χ4n) is 0.973. The molecule has 16 heavy (non-hydrogen) atoms. The molecule has 0 atom stereocenters. The molecule has 0 aromatic carbocycles. The molecule has 0 bridgehead atoms. The van der Waals surface area contributed by atoms with Crippen LogP contribution >= 0.6 is 0 Å². The van der Waals surface area contributed by atoms with Crippen LogP contribution in [0.4, 0.5) is 18.0 Å². The largest absolute Gasteiger partial charge is 0.480 e. The Morgan fingerprint density at radius 3 is 2.31 bits per heavy atom. The first-order valence-electron chi connectivity index (χ1n) is 4.57. The highest BCUT2D eigenvalue weighted by atomic mass is 19.4. The highest BCUT2D eigenvalue weighted by Crippen LogP contribution is 2.12. The van der Waals surface area contributed by atoms with E-state index in [0.29, 0.717) is 6.42 Å². The standard InChI is InChI=1S/C8H13F3N2O3/c1-2-3-13(4-6(14)15)7(16)12-5-8(9,10)11/h2-5H2,1H3,(H,12,16)(H,14,15). The molecule has 5 nitrogen and oxygen atoms in total. The fraction of sp³-hybridized carbons (Fsp3) is 0.750. The molecule has 2 N–H and O–H groups in total. The van der Waals surface area contributed by atoms with E-state index < -0.39 is 31.3 Å². The number of nitrogens with zero attached hydrogens (tertiary/aromatic N) is 1. The van der Waals surface area contributed by atoms with Gasteiger partial charge in [0, 0.05) is 6.54 Å². The van der Waals surface area contributed by atoms with E-state index in [2.05, 4.69) is 0 Å². The minimum Gasteiger partial charge on any atom is -0.480 e. The topological polar surface area (TPSA) is 69.6 Å². The third-order valence-corrected chi connectivity index (χ3v) is 1.55. The van der Waals surface area contributed by atoms with Crippen molar-refractivity contribution >= 4 is 12.0 Å². The Morgan fingerprint density at radius 2 is 1.94 bits per heavy atom. The Morgan fingerprint density at radius 1 is 1.38 bits per heavy atom. The monoisotopic (exact) mass is 242 g/mol. The number of amides is 2. The first kappa shape index (κ1) is 14.5. The molecule has 0 spiro atoms. The van der Waals surface area contributed by atoms with Crippen molar-refractivity contribution in [1.82, 2.24) is 10.2 Å². The Labute approximate surface area is 90.2 Å². The van der Waals surface area contributed by atoms with Gasteiger partial charge >= 0.3 is 18.2 Å². The van der Waals surface area contributed by atoms with Crippen molar-refractivity contribution in [2.45, 2.75) is 19.5 Å². The first-order valence-corrected chi connectivity index (χ1v) is 4.57. The lowest BCUT2D eigenvalue weighted by Crippen LogP contribution is -2.45. The Balaban J connectivity index is 4.22. The highest BCUT2D eigenvalue weighted by molar-refractivity contribution is 5.80. The van der Waals surface area contributed by atoms with E-state index in [1.54, 1.807) is 12.2 Å².